The molecule has 0 bridgehead atoms. The van der Waals surface area contributed by atoms with E-state index in [1.807, 2.05) is 38.1 Å². The molecule has 0 N–H and O–H groups in total. The van der Waals surface area contributed by atoms with E-state index >= 15 is 0 Å². The van der Waals surface area contributed by atoms with Crippen molar-refractivity contribution >= 4 is 38.7 Å². The van der Waals surface area contributed by atoms with Crippen LogP contribution in [0.4, 0.5) is 10.5 Å². The topological polar surface area (TPSA) is 82.6 Å². The average molecular weight is 583 g/mol. The Morgan fingerprint density at radius 3 is 2.58 bits per heavy atom. The SMILES string of the molecule is [2H]C([2H])([2H])OC1CCC(n2c([C@@H]3CCOC(=O)N3c3ccc(Br)cc3)nc3cc(-c4c(C)noc4C)ccc32)CC1. The lowest BCUT2D eigenvalue weighted by Gasteiger charge is -2.37. The third-order valence-electron chi connectivity index (χ3n) is 7.74. The maximum Gasteiger partial charge on any atom is 0.414 e. The van der Waals surface area contributed by atoms with Crippen molar-refractivity contribution in [2.24, 2.45) is 0 Å². The largest absolute Gasteiger partial charge is 0.449 e. The lowest BCUT2D eigenvalue weighted by Crippen LogP contribution is -2.42. The summed E-state index contributed by atoms with van der Waals surface area (Å²) in [6.45, 7) is 4.11. The number of cyclic esters (lactones) is 1. The van der Waals surface area contributed by atoms with Crippen LogP contribution in [-0.4, -0.2) is 40.5 Å². The number of methoxy groups -OCH3 is 1. The molecule has 1 aliphatic carbocycles. The van der Waals surface area contributed by atoms with Crippen LogP contribution in [0.2, 0.25) is 0 Å². The molecule has 4 aromatic rings. The van der Waals surface area contributed by atoms with Crippen LogP contribution in [0.25, 0.3) is 22.2 Å². The molecular formula is C29H31BrN4O4. The zero-order valence-electron chi connectivity index (χ0n) is 24.3. The highest BCUT2D eigenvalue weighted by atomic mass is 79.9. The zero-order valence-corrected chi connectivity index (χ0v) is 22.9. The third kappa shape index (κ3) is 4.41. The molecule has 1 saturated carbocycles. The van der Waals surface area contributed by atoms with E-state index in [2.05, 4.69) is 43.9 Å². The van der Waals surface area contributed by atoms with Gasteiger partial charge in [0.25, 0.3) is 0 Å². The van der Waals surface area contributed by atoms with Crippen molar-refractivity contribution in [3.63, 3.8) is 0 Å². The van der Waals surface area contributed by atoms with Crippen molar-refractivity contribution in [2.75, 3.05) is 18.5 Å². The number of carbonyl (C=O) groups is 1. The molecule has 0 unspecified atom stereocenters. The highest BCUT2D eigenvalue weighted by molar-refractivity contribution is 9.10. The molecule has 1 atom stereocenters. The molecule has 8 nitrogen and oxygen atoms in total. The van der Waals surface area contributed by atoms with Crippen molar-refractivity contribution in [3.8, 4) is 11.1 Å². The number of aromatic nitrogens is 3. The quantitative estimate of drug-likeness (QED) is 0.246. The summed E-state index contributed by atoms with van der Waals surface area (Å²) in [5.41, 5.74) is 5.23. The maximum absolute atomic E-state index is 13.2. The summed E-state index contributed by atoms with van der Waals surface area (Å²) in [6, 6.07) is 13.5. The Hall–Kier alpha value is -3.17. The molecule has 0 radical (unpaired) electrons. The molecule has 198 valence electrons. The molecule has 2 aromatic carbocycles. The second kappa shape index (κ2) is 10.2. The molecular weight excluding hydrogens is 548 g/mol. The van der Waals surface area contributed by atoms with Gasteiger partial charge in [-0.3, -0.25) is 4.90 Å². The minimum Gasteiger partial charge on any atom is -0.449 e. The summed E-state index contributed by atoms with van der Waals surface area (Å²) in [4.78, 5) is 20.1. The molecule has 2 aliphatic rings. The fraction of sp³-hybridized carbons (Fsp3) is 0.414. The second-order valence-electron chi connectivity index (χ2n) is 10.1. The number of ether oxygens (including phenoxy) is 2. The van der Waals surface area contributed by atoms with Crippen molar-refractivity contribution in [3.05, 3.63) is 64.2 Å². The number of aryl methyl sites for hydroxylation is 2. The van der Waals surface area contributed by atoms with E-state index in [9.17, 15) is 4.79 Å². The number of imidazole rings is 1. The van der Waals surface area contributed by atoms with E-state index in [0.29, 0.717) is 25.9 Å². The Bertz CT molecular complexity index is 1560. The van der Waals surface area contributed by atoms with Gasteiger partial charge in [0, 0.05) is 35.2 Å². The molecule has 9 heteroatoms. The number of fused-ring (bicyclic) bond motifs is 1. The van der Waals surface area contributed by atoms with Crippen molar-refractivity contribution in [1.29, 1.82) is 0 Å². The predicted octanol–water partition coefficient (Wildman–Crippen LogP) is 7.29. The van der Waals surface area contributed by atoms with Crippen molar-refractivity contribution < 1.29 is 22.9 Å². The molecule has 1 aliphatic heterocycles. The Kier molecular flexibility index (Phi) is 5.82. The van der Waals surface area contributed by atoms with Crippen LogP contribution in [0.1, 0.15) is 65.6 Å². The number of halogens is 1. The molecule has 6 rings (SSSR count). The first-order chi connectivity index (χ1) is 19.6. The predicted molar refractivity (Wildman–Crippen MR) is 148 cm³/mol. The van der Waals surface area contributed by atoms with Crippen molar-refractivity contribution in [1.82, 2.24) is 14.7 Å². The third-order valence-corrected chi connectivity index (χ3v) is 8.27. The summed E-state index contributed by atoms with van der Waals surface area (Å²) in [6.07, 6.45) is 2.59. The van der Waals surface area contributed by atoms with Gasteiger partial charge in [-0.15, -0.1) is 0 Å². The molecule has 38 heavy (non-hydrogen) atoms. The highest BCUT2D eigenvalue weighted by Gasteiger charge is 2.37. The standard InChI is InChI=1S/C29H31BrN4O4/c1-17-27(18(2)38-32-17)19-4-13-25-24(16-19)31-28(33(25)21-9-11-23(36-3)12-10-21)26-14-15-37-29(35)34(26)22-7-5-20(30)6-8-22/h4-8,13,16,21,23,26H,9-12,14-15H2,1-3H3/t21?,23?,26-/m0/s1/i3D3. The molecule has 3 heterocycles. The van der Waals surface area contributed by atoms with E-state index in [4.69, 9.17) is 23.1 Å². The second-order valence-corrected chi connectivity index (χ2v) is 11.0. The summed E-state index contributed by atoms with van der Waals surface area (Å²) >= 11 is 3.48. The Labute approximate surface area is 234 Å². The smallest absolute Gasteiger partial charge is 0.414 e. The highest BCUT2D eigenvalue weighted by Crippen LogP contribution is 2.41. The van der Waals surface area contributed by atoms with Crippen LogP contribution in [0.5, 0.6) is 0 Å². The van der Waals surface area contributed by atoms with E-state index in [-0.39, 0.29) is 18.2 Å². The maximum atomic E-state index is 13.2. The van der Waals surface area contributed by atoms with Gasteiger partial charge in [-0.1, -0.05) is 27.2 Å². The number of rotatable bonds is 5. The minimum atomic E-state index is -2.41. The first-order valence-corrected chi connectivity index (χ1v) is 13.7. The Morgan fingerprint density at radius 2 is 1.87 bits per heavy atom. The van der Waals surface area contributed by atoms with Crippen LogP contribution in [-0.2, 0) is 9.47 Å². The number of carbonyl (C=O) groups excluding carboxylic acids is 1. The lowest BCUT2D eigenvalue weighted by atomic mass is 9.92. The Balaban J connectivity index is 1.45. The molecule has 2 fully saturated rings. The summed E-state index contributed by atoms with van der Waals surface area (Å²) < 4.78 is 42.0. The zero-order chi connectivity index (χ0) is 28.9. The van der Waals surface area contributed by atoms with Gasteiger partial charge in [0.05, 0.1) is 33.6 Å². The first kappa shape index (κ1) is 21.7. The number of benzene rings is 2. The lowest BCUT2D eigenvalue weighted by molar-refractivity contribution is 0.0582. The van der Waals surface area contributed by atoms with E-state index < -0.39 is 13.1 Å². The van der Waals surface area contributed by atoms with Gasteiger partial charge in [-0.25, -0.2) is 9.78 Å². The monoisotopic (exact) mass is 581 g/mol. The van der Waals surface area contributed by atoms with E-state index in [1.165, 1.54) is 0 Å². The van der Waals surface area contributed by atoms with Crippen LogP contribution >= 0.6 is 15.9 Å². The van der Waals surface area contributed by atoms with Crippen LogP contribution in [0.3, 0.4) is 0 Å². The minimum absolute atomic E-state index is 0.0704. The average Bonchev–Trinajstić information content (AvgIpc) is 3.47. The van der Waals surface area contributed by atoms with Gasteiger partial charge in [-0.05, 0) is 81.5 Å². The number of hydrogen-bond donors (Lipinski definition) is 0. The van der Waals surface area contributed by atoms with Gasteiger partial charge in [0.15, 0.2) is 0 Å². The van der Waals surface area contributed by atoms with E-state index in [0.717, 1.165) is 62.4 Å². The molecule has 2 aromatic heterocycles. The number of amides is 1. The van der Waals surface area contributed by atoms with Crippen molar-refractivity contribution in [2.45, 2.75) is 64.1 Å². The summed E-state index contributed by atoms with van der Waals surface area (Å²) in [5, 5.41) is 4.12. The summed E-state index contributed by atoms with van der Waals surface area (Å²) in [5.74, 6) is 1.53. The van der Waals surface area contributed by atoms with Gasteiger partial charge in [0.2, 0.25) is 0 Å². The fourth-order valence-corrected chi connectivity index (χ4v) is 6.19. The normalized spacial score (nSPS) is 23.7. The number of nitrogens with zero attached hydrogens (tertiary/aromatic N) is 4. The van der Waals surface area contributed by atoms with Gasteiger partial charge in [0.1, 0.15) is 17.6 Å². The van der Waals surface area contributed by atoms with Gasteiger partial charge in [-0.2, -0.15) is 0 Å². The molecule has 1 amide bonds. The van der Waals surface area contributed by atoms with Crippen LogP contribution in [0, 0.1) is 13.8 Å². The van der Waals surface area contributed by atoms with Crippen LogP contribution < -0.4 is 4.90 Å². The van der Waals surface area contributed by atoms with E-state index in [1.54, 1.807) is 4.90 Å². The van der Waals surface area contributed by atoms with Crippen LogP contribution in [0.15, 0.2) is 51.5 Å². The number of hydrogen-bond acceptors (Lipinski definition) is 6. The first-order valence-electron chi connectivity index (χ1n) is 14.4. The van der Waals surface area contributed by atoms with Gasteiger partial charge >= 0.3 is 6.09 Å². The van der Waals surface area contributed by atoms with Gasteiger partial charge < -0.3 is 18.6 Å². The Morgan fingerprint density at radius 1 is 1.08 bits per heavy atom. The number of anilines is 1. The molecule has 1 saturated heterocycles. The fourth-order valence-electron chi connectivity index (χ4n) is 5.92. The molecule has 0 spiro atoms. The summed E-state index contributed by atoms with van der Waals surface area (Å²) in [7, 11) is -2.41.